The molecular weight excluding hydrogens is 290 g/mol. The van der Waals surface area contributed by atoms with Crippen LogP contribution in [0.3, 0.4) is 0 Å². The minimum atomic E-state index is -5.68. The van der Waals surface area contributed by atoms with Crippen molar-refractivity contribution in [2.24, 2.45) is 11.3 Å². The molecule has 0 aliphatic carbocycles. The molecule has 0 heterocycles. The molecule has 0 amide bonds. The van der Waals surface area contributed by atoms with E-state index < -0.39 is 35.8 Å². The monoisotopic (exact) mass is 308 g/mol. The molecule has 0 spiro atoms. The zero-order valence-corrected chi connectivity index (χ0v) is 11.7. The molecule has 0 rings (SSSR count). The van der Waals surface area contributed by atoms with Crippen LogP contribution in [0.15, 0.2) is 0 Å². The van der Waals surface area contributed by atoms with Gasteiger partial charge in [-0.05, 0) is 11.8 Å². The summed E-state index contributed by atoms with van der Waals surface area (Å²) >= 11 is 0. The van der Waals surface area contributed by atoms with Crippen LogP contribution in [0, 0.1) is 11.3 Å². The molecule has 120 valence electrons. The molecule has 0 aromatic heterocycles. The summed E-state index contributed by atoms with van der Waals surface area (Å²) in [7, 11) is 0. The number of rotatable bonds is 5. The lowest BCUT2D eigenvalue weighted by Crippen LogP contribution is -2.47. The van der Waals surface area contributed by atoms with Crippen LogP contribution >= 0.6 is 0 Å². The Morgan fingerprint density at radius 2 is 1.45 bits per heavy atom. The molecule has 0 fully saturated rings. The molecule has 0 saturated carbocycles. The number of ether oxygens (including phenoxy) is 1. The van der Waals surface area contributed by atoms with Gasteiger partial charge in [-0.3, -0.25) is 4.79 Å². The Morgan fingerprint density at radius 1 is 1.05 bits per heavy atom. The average molecular weight is 308 g/mol. The third-order valence-electron chi connectivity index (χ3n) is 3.25. The topological polar surface area (TPSA) is 26.3 Å². The van der Waals surface area contributed by atoms with Crippen molar-refractivity contribution < 1.29 is 35.9 Å². The van der Waals surface area contributed by atoms with Crippen molar-refractivity contribution in [3.8, 4) is 0 Å². The number of hydrogen-bond acceptors (Lipinski definition) is 2. The predicted molar refractivity (Wildman–Crippen MR) is 59.8 cm³/mol. The first-order valence-corrected chi connectivity index (χ1v) is 6.07. The lowest BCUT2D eigenvalue weighted by Gasteiger charge is -2.32. The van der Waals surface area contributed by atoms with E-state index in [-0.39, 0.29) is 0 Å². The van der Waals surface area contributed by atoms with Gasteiger partial charge in [0.2, 0.25) is 0 Å². The second-order valence-electron chi connectivity index (χ2n) is 5.36. The van der Waals surface area contributed by atoms with Crippen molar-refractivity contribution >= 4 is 5.97 Å². The second-order valence-corrected chi connectivity index (χ2v) is 5.36. The predicted octanol–water partition coefficient (Wildman–Crippen LogP) is 4.49. The maximum atomic E-state index is 12.3. The molecule has 0 radical (unpaired) electrons. The summed E-state index contributed by atoms with van der Waals surface area (Å²) in [5, 5.41) is 0. The molecule has 0 saturated heterocycles. The summed E-state index contributed by atoms with van der Waals surface area (Å²) in [6.07, 6.45) is -14.3. The summed E-state index contributed by atoms with van der Waals surface area (Å²) in [5.41, 5.74) is -0.742. The number of esters is 1. The van der Waals surface area contributed by atoms with Crippen LogP contribution in [-0.2, 0) is 9.53 Å². The normalized spacial score (nSPS) is 15.3. The number of carbonyl (C=O) groups excluding carboxylic acids is 1. The molecular formula is C12H18F6O2. The largest absolute Gasteiger partial charge is 0.443 e. The van der Waals surface area contributed by atoms with Crippen molar-refractivity contribution in [1.29, 1.82) is 0 Å². The quantitative estimate of drug-likeness (QED) is 0.553. The first kappa shape index (κ1) is 19.1. The van der Waals surface area contributed by atoms with E-state index in [0.29, 0.717) is 12.8 Å². The van der Waals surface area contributed by atoms with Gasteiger partial charge < -0.3 is 4.74 Å². The molecule has 0 aliphatic rings. The molecule has 0 aromatic carbocycles. The average Bonchev–Trinajstić information content (AvgIpc) is 2.21. The van der Waals surface area contributed by atoms with Crippen molar-refractivity contribution in [3.63, 3.8) is 0 Å². The van der Waals surface area contributed by atoms with Crippen LogP contribution in [-0.4, -0.2) is 24.4 Å². The van der Waals surface area contributed by atoms with Gasteiger partial charge in [-0.2, -0.15) is 26.3 Å². The van der Waals surface area contributed by atoms with Gasteiger partial charge in [-0.1, -0.05) is 34.1 Å². The zero-order chi connectivity index (χ0) is 16.4. The molecule has 0 N–H and O–H groups in total. The van der Waals surface area contributed by atoms with Crippen molar-refractivity contribution in [1.82, 2.24) is 0 Å². The van der Waals surface area contributed by atoms with Gasteiger partial charge in [-0.25, -0.2) is 0 Å². The summed E-state index contributed by atoms with van der Waals surface area (Å²) < 4.78 is 77.4. The van der Waals surface area contributed by atoms with Gasteiger partial charge in [0.05, 0.1) is 5.92 Å². The fourth-order valence-corrected chi connectivity index (χ4v) is 1.72. The van der Waals surface area contributed by atoms with Crippen molar-refractivity contribution in [2.75, 3.05) is 0 Å². The fraction of sp³-hybridized carbons (Fsp3) is 0.917. The van der Waals surface area contributed by atoms with E-state index in [4.69, 9.17) is 0 Å². The molecule has 2 nitrogen and oxygen atoms in total. The minimum absolute atomic E-state index is 0.478. The van der Waals surface area contributed by atoms with Crippen LogP contribution in [0.5, 0.6) is 0 Å². The van der Waals surface area contributed by atoms with Gasteiger partial charge in [-0.15, -0.1) is 0 Å². The van der Waals surface area contributed by atoms with E-state index in [1.807, 2.05) is 0 Å². The second kappa shape index (κ2) is 6.22. The highest BCUT2D eigenvalue weighted by molar-refractivity contribution is 5.73. The zero-order valence-electron chi connectivity index (χ0n) is 11.7. The van der Waals surface area contributed by atoms with Crippen molar-refractivity contribution in [2.45, 2.75) is 59.0 Å². The Kier molecular flexibility index (Phi) is 5.92. The molecule has 0 aromatic rings. The maximum absolute atomic E-state index is 12.3. The fourth-order valence-electron chi connectivity index (χ4n) is 1.72. The van der Waals surface area contributed by atoms with Crippen LogP contribution in [0.25, 0.3) is 0 Å². The SMILES string of the molecule is CCCC(C)(C)C(C)C(=O)OC(C(F)(F)F)C(F)(F)F. The smallest absolute Gasteiger partial charge is 0.434 e. The van der Waals surface area contributed by atoms with E-state index in [1.165, 1.54) is 6.92 Å². The first-order chi connectivity index (χ1) is 8.73. The van der Waals surface area contributed by atoms with E-state index in [9.17, 15) is 31.1 Å². The van der Waals surface area contributed by atoms with Crippen LogP contribution in [0.1, 0.15) is 40.5 Å². The van der Waals surface area contributed by atoms with Crippen LogP contribution < -0.4 is 0 Å². The van der Waals surface area contributed by atoms with Crippen LogP contribution in [0.4, 0.5) is 26.3 Å². The van der Waals surface area contributed by atoms with Gasteiger partial charge in [0, 0.05) is 0 Å². The Bertz CT molecular complexity index is 318. The lowest BCUT2D eigenvalue weighted by atomic mass is 9.76. The Morgan fingerprint density at radius 3 is 1.75 bits per heavy atom. The Hall–Kier alpha value is -0.950. The van der Waals surface area contributed by atoms with Crippen molar-refractivity contribution in [3.05, 3.63) is 0 Å². The maximum Gasteiger partial charge on any atom is 0.434 e. The van der Waals surface area contributed by atoms with Gasteiger partial charge >= 0.3 is 18.3 Å². The molecule has 20 heavy (non-hydrogen) atoms. The number of alkyl halides is 6. The van der Waals surface area contributed by atoms with E-state index in [1.54, 1.807) is 20.8 Å². The summed E-state index contributed by atoms with van der Waals surface area (Å²) in [5.74, 6) is -2.57. The third-order valence-corrected chi connectivity index (χ3v) is 3.25. The molecule has 0 bridgehead atoms. The molecule has 0 aliphatic heterocycles. The van der Waals surface area contributed by atoms with Gasteiger partial charge in [0.25, 0.3) is 6.10 Å². The van der Waals surface area contributed by atoms with E-state index >= 15 is 0 Å². The summed E-state index contributed by atoms with van der Waals surface area (Å²) in [6, 6.07) is 0. The van der Waals surface area contributed by atoms with Gasteiger partial charge in [0.1, 0.15) is 0 Å². The summed E-state index contributed by atoms with van der Waals surface area (Å²) in [4.78, 5) is 11.5. The standard InChI is InChI=1S/C12H18F6O2/c1-5-6-10(3,4)7(2)8(19)20-9(11(13,14)15)12(16,17)18/h7,9H,5-6H2,1-4H3. The van der Waals surface area contributed by atoms with Crippen LogP contribution in [0.2, 0.25) is 0 Å². The molecule has 1 atom stereocenters. The number of halogens is 6. The first-order valence-electron chi connectivity index (χ1n) is 6.07. The number of hydrogen-bond donors (Lipinski definition) is 0. The number of carbonyl (C=O) groups is 1. The highest BCUT2D eigenvalue weighted by atomic mass is 19.4. The van der Waals surface area contributed by atoms with E-state index in [2.05, 4.69) is 4.74 Å². The third kappa shape index (κ3) is 5.20. The van der Waals surface area contributed by atoms with Gasteiger partial charge in [0.15, 0.2) is 0 Å². The minimum Gasteiger partial charge on any atom is -0.443 e. The highest BCUT2D eigenvalue weighted by Crippen LogP contribution is 2.38. The van der Waals surface area contributed by atoms with E-state index in [0.717, 1.165) is 0 Å². The Labute approximate surface area is 113 Å². The summed E-state index contributed by atoms with van der Waals surface area (Å²) in [6.45, 7) is 6.26. The lowest BCUT2D eigenvalue weighted by molar-refractivity contribution is -0.315. The Balaban J connectivity index is 5.04. The highest BCUT2D eigenvalue weighted by Gasteiger charge is 2.60. The molecule has 8 heteroatoms. The molecule has 1 unspecified atom stereocenters.